The lowest BCUT2D eigenvalue weighted by molar-refractivity contribution is 0.0526. The Morgan fingerprint density at radius 3 is 2.38 bits per heavy atom. The zero-order valence-electron chi connectivity index (χ0n) is 14.7. The molecule has 0 amide bonds. The first-order chi connectivity index (χ1) is 12.5. The molecule has 0 bridgehead atoms. The van der Waals surface area contributed by atoms with Gasteiger partial charge in [0.25, 0.3) is 0 Å². The fourth-order valence-electron chi connectivity index (χ4n) is 2.21. The zero-order valence-corrected chi connectivity index (χ0v) is 15.5. The molecule has 0 saturated carbocycles. The molecule has 0 unspecified atom stereocenters. The Kier molecular flexibility index (Phi) is 7.77. The van der Waals surface area contributed by atoms with Gasteiger partial charge in [0.15, 0.2) is 0 Å². The topological polar surface area (TPSA) is 81.7 Å². The van der Waals surface area contributed by atoms with Gasteiger partial charge in [0.1, 0.15) is 0 Å². The van der Waals surface area contributed by atoms with Crippen LogP contribution in [0.1, 0.15) is 29.3 Å². The minimum atomic E-state index is -3.61. The summed E-state index contributed by atoms with van der Waals surface area (Å²) in [5, 5.41) is 0. The number of nitrogens with one attached hydrogen (secondary N) is 1. The smallest absolute Gasteiger partial charge is 0.338 e. The number of hydrogen-bond acceptors (Lipinski definition) is 5. The SMILES string of the molecule is CCOC(=O)c1ccc(S(=O)(=O)NCCCOCc2ccccc2)cc1. The second-order valence-corrected chi connectivity index (χ2v) is 7.30. The largest absolute Gasteiger partial charge is 0.462 e. The fourth-order valence-corrected chi connectivity index (χ4v) is 3.29. The van der Waals surface area contributed by atoms with E-state index in [1.165, 1.54) is 24.3 Å². The number of benzene rings is 2. The lowest BCUT2D eigenvalue weighted by Gasteiger charge is -2.08. The van der Waals surface area contributed by atoms with E-state index in [1.807, 2.05) is 30.3 Å². The third-order valence-electron chi connectivity index (χ3n) is 3.54. The van der Waals surface area contributed by atoms with Gasteiger partial charge in [-0.2, -0.15) is 0 Å². The quantitative estimate of drug-likeness (QED) is 0.509. The van der Waals surface area contributed by atoms with Crippen molar-refractivity contribution in [3.8, 4) is 0 Å². The van der Waals surface area contributed by atoms with Gasteiger partial charge in [0.05, 0.1) is 23.7 Å². The standard InChI is InChI=1S/C19H23NO5S/c1-2-25-19(21)17-9-11-18(12-10-17)26(22,23)20-13-6-14-24-15-16-7-4-3-5-8-16/h3-5,7-12,20H,2,6,13-15H2,1H3. The molecule has 0 saturated heterocycles. The third kappa shape index (κ3) is 6.25. The second kappa shape index (κ2) is 10.1. The van der Waals surface area contributed by atoms with Gasteiger partial charge in [-0.1, -0.05) is 30.3 Å². The molecule has 2 aromatic carbocycles. The molecule has 0 aliphatic carbocycles. The van der Waals surface area contributed by atoms with Crippen LogP contribution in [0.15, 0.2) is 59.5 Å². The molecule has 26 heavy (non-hydrogen) atoms. The van der Waals surface area contributed by atoms with Crippen LogP contribution in [0.3, 0.4) is 0 Å². The average Bonchev–Trinajstić information content (AvgIpc) is 2.65. The number of rotatable bonds is 10. The summed E-state index contributed by atoms with van der Waals surface area (Å²) in [4.78, 5) is 11.7. The summed E-state index contributed by atoms with van der Waals surface area (Å²) in [5.74, 6) is -0.472. The first-order valence-electron chi connectivity index (χ1n) is 8.41. The Morgan fingerprint density at radius 2 is 1.73 bits per heavy atom. The minimum absolute atomic E-state index is 0.107. The summed E-state index contributed by atoms with van der Waals surface area (Å²) in [7, 11) is -3.61. The summed E-state index contributed by atoms with van der Waals surface area (Å²) in [6, 6.07) is 15.4. The van der Waals surface area contributed by atoms with Crippen molar-refractivity contribution in [2.45, 2.75) is 24.8 Å². The summed E-state index contributed by atoms with van der Waals surface area (Å²) in [6.07, 6.45) is 0.562. The van der Waals surface area contributed by atoms with Crippen LogP contribution in [0.25, 0.3) is 0 Å². The first kappa shape index (κ1) is 20.1. The monoisotopic (exact) mass is 377 g/mol. The van der Waals surface area contributed by atoms with Crippen LogP contribution in [0.2, 0.25) is 0 Å². The van der Waals surface area contributed by atoms with Crippen molar-refractivity contribution in [2.75, 3.05) is 19.8 Å². The molecule has 0 heterocycles. The van der Waals surface area contributed by atoms with E-state index >= 15 is 0 Å². The summed E-state index contributed by atoms with van der Waals surface area (Å²) in [6.45, 7) is 3.22. The lowest BCUT2D eigenvalue weighted by Crippen LogP contribution is -2.25. The van der Waals surface area contributed by atoms with E-state index in [4.69, 9.17) is 9.47 Å². The van der Waals surface area contributed by atoms with Crippen molar-refractivity contribution in [1.29, 1.82) is 0 Å². The number of ether oxygens (including phenoxy) is 2. The van der Waals surface area contributed by atoms with E-state index in [-0.39, 0.29) is 18.0 Å². The van der Waals surface area contributed by atoms with E-state index in [2.05, 4.69) is 4.72 Å². The molecular formula is C19H23NO5S. The molecule has 2 aromatic rings. The Hall–Kier alpha value is -2.22. The van der Waals surface area contributed by atoms with Crippen molar-refractivity contribution in [3.63, 3.8) is 0 Å². The van der Waals surface area contributed by atoms with Crippen molar-refractivity contribution < 1.29 is 22.7 Å². The maximum absolute atomic E-state index is 12.2. The molecule has 0 atom stereocenters. The van der Waals surface area contributed by atoms with Crippen LogP contribution in [-0.4, -0.2) is 34.1 Å². The second-order valence-electron chi connectivity index (χ2n) is 5.53. The first-order valence-corrected chi connectivity index (χ1v) is 9.90. The van der Waals surface area contributed by atoms with E-state index in [1.54, 1.807) is 6.92 Å². The van der Waals surface area contributed by atoms with Gasteiger partial charge in [-0.05, 0) is 43.2 Å². The maximum Gasteiger partial charge on any atom is 0.338 e. The molecule has 0 aromatic heterocycles. The van der Waals surface area contributed by atoms with Crippen molar-refractivity contribution in [2.24, 2.45) is 0 Å². The van der Waals surface area contributed by atoms with Gasteiger partial charge in [-0.15, -0.1) is 0 Å². The molecule has 0 aliphatic heterocycles. The molecule has 0 aliphatic rings. The number of sulfonamides is 1. The van der Waals surface area contributed by atoms with Crippen molar-refractivity contribution in [3.05, 3.63) is 65.7 Å². The molecule has 140 valence electrons. The highest BCUT2D eigenvalue weighted by Crippen LogP contribution is 2.11. The normalized spacial score (nSPS) is 11.3. The van der Waals surface area contributed by atoms with Gasteiger partial charge in [0.2, 0.25) is 10.0 Å². The Bertz CT molecular complexity index is 788. The van der Waals surface area contributed by atoms with Crippen molar-refractivity contribution >= 4 is 16.0 Å². The number of esters is 1. The Labute approximate surface area is 154 Å². The van der Waals surface area contributed by atoms with Crippen LogP contribution in [-0.2, 0) is 26.1 Å². The predicted molar refractivity (Wildman–Crippen MR) is 98.3 cm³/mol. The highest BCUT2D eigenvalue weighted by molar-refractivity contribution is 7.89. The Morgan fingerprint density at radius 1 is 1.04 bits per heavy atom. The van der Waals surface area contributed by atoms with Gasteiger partial charge in [-0.25, -0.2) is 17.9 Å². The van der Waals surface area contributed by atoms with Gasteiger partial charge in [0, 0.05) is 13.2 Å². The van der Waals surface area contributed by atoms with Gasteiger partial charge >= 0.3 is 5.97 Å². The van der Waals surface area contributed by atoms with E-state index in [0.717, 1.165) is 5.56 Å². The summed E-state index contributed by atoms with van der Waals surface area (Å²) in [5.41, 5.74) is 1.40. The van der Waals surface area contributed by atoms with Crippen LogP contribution >= 0.6 is 0 Å². The molecule has 0 fully saturated rings. The fraction of sp³-hybridized carbons (Fsp3) is 0.316. The van der Waals surface area contributed by atoms with E-state index in [0.29, 0.717) is 25.2 Å². The van der Waals surface area contributed by atoms with Crippen LogP contribution in [0, 0.1) is 0 Å². The predicted octanol–water partition coefficient (Wildman–Crippen LogP) is 2.75. The zero-order chi connectivity index (χ0) is 18.8. The lowest BCUT2D eigenvalue weighted by atomic mass is 10.2. The molecule has 2 rings (SSSR count). The molecule has 1 N–H and O–H groups in total. The van der Waals surface area contributed by atoms with Gasteiger partial charge in [-0.3, -0.25) is 0 Å². The summed E-state index contributed by atoms with van der Waals surface area (Å²) < 4.78 is 37.4. The van der Waals surface area contributed by atoms with Crippen LogP contribution < -0.4 is 4.72 Å². The van der Waals surface area contributed by atoms with Crippen LogP contribution in [0.4, 0.5) is 0 Å². The molecule has 6 nitrogen and oxygen atoms in total. The molecule has 0 spiro atoms. The molecular weight excluding hydrogens is 354 g/mol. The number of carbonyl (C=O) groups excluding carboxylic acids is 1. The van der Waals surface area contributed by atoms with E-state index < -0.39 is 16.0 Å². The molecule has 7 heteroatoms. The summed E-state index contributed by atoms with van der Waals surface area (Å²) >= 11 is 0. The number of hydrogen-bond donors (Lipinski definition) is 1. The average molecular weight is 377 g/mol. The molecule has 0 radical (unpaired) electrons. The van der Waals surface area contributed by atoms with Crippen molar-refractivity contribution in [1.82, 2.24) is 4.72 Å². The Balaban J connectivity index is 1.75. The van der Waals surface area contributed by atoms with E-state index in [9.17, 15) is 13.2 Å². The minimum Gasteiger partial charge on any atom is -0.462 e. The third-order valence-corrected chi connectivity index (χ3v) is 5.02. The number of carbonyl (C=O) groups is 1. The maximum atomic E-state index is 12.2. The van der Waals surface area contributed by atoms with Gasteiger partial charge < -0.3 is 9.47 Å². The highest BCUT2D eigenvalue weighted by atomic mass is 32.2. The van der Waals surface area contributed by atoms with Crippen LogP contribution in [0.5, 0.6) is 0 Å². The highest BCUT2D eigenvalue weighted by Gasteiger charge is 2.14.